The predicted molar refractivity (Wildman–Crippen MR) is 198 cm³/mol. The monoisotopic (exact) mass is 694 g/mol. The number of phenolic OH excluding ortho intramolecular Hbond substituents is 1. The molecule has 0 aromatic heterocycles. The number of piperazine rings is 1. The van der Waals surface area contributed by atoms with Crippen molar-refractivity contribution >= 4 is 23.5 Å². The molecule has 0 saturated carbocycles. The van der Waals surface area contributed by atoms with E-state index in [1.807, 2.05) is 54.6 Å². The minimum atomic E-state index is -0.865. The fourth-order valence-electron chi connectivity index (χ4n) is 6.50. The third-order valence-corrected chi connectivity index (χ3v) is 9.12. The molecule has 2 fully saturated rings. The van der Waals surface area contributed by atoms with Crippen molar-refractivity contribution in [2.45, 2.75) is 57.9 Å². The summed E-state index contributed by atoms with van der Waals surface area (Å²) in [6.45, 7) is 13.3. The topological polar surface area (TPSA) is 118 Å². The first-order valence-electron chi connectivity index (χ1n) is 17.7. The van der Waals surface area contributed by atoms with Crippen LogP contribution in [0.4, 0.5) is 4.79 Å². The lowest BCUT2D eigenvalue weighted by molar-refractivity contribution is -0.189. The van der Waals surface area contributed by atoms with Gasteiger partial charge in [-0.1, -0.05) is 86.7 Å². The number of unbranched alkanes of at least 4 members (excludes halogenated alkanes) is 1. The summed E-state index contributed by atoms with van der Waals surface area (Å²) in [5.74, 6) is -0.342. The summed E-state index contributed by atoms with van der Waals surface area (Å²) >= 11 is 0. The zero-order valence-electron chi connectivity index (χ0n) is 29.5. The molecule has 51 heavy (non-hydrogen) atoms. The van der Waals surface area contributed by atoms with E-state index in [0.717, 1.165) is 60.4 Å². The molecule has 0 unspecified atom stereocenters. The largest absolute Gasteiger partial charge is 0.508 e. The Kier molecular flexibility index (Phi) is 13.3. The van der Waals surface area contributed by atoms with Crippen molar-refractivity contribution in [2.24, 2.45) is 0 Å². The molecule has 11 heteroatoms. The van der Waals surface area contributed by atoms with Crippen LogP contribution >= 0.6 is 0 Å². The van der Waals surface area contributed by atoms with E-state index < -0.39 is 12.2 Å². The molecule has 11 nitrogen and oxygen atoms in total. The van der Waals surface area contributed by atoms with Crippen molar-refractivity contribution in [3.05, 3.63) is 120 Å². The maximum absolute atomic E-state index is 14.4. The van der Waals surface area contributed by atoms with Crippen molar-refractivity contribution in [2.75, 3.05) is 39.4 Å². The summed E-state index contributed by atoms with van der Waals surface area (Å²) < 4.78 is 5.67. The smallest absolute Gasteiger partial charge is 0.334 e. The van der Waals surface area contributed by atoms with E-state index in [1.54, 1.807) is 50.2 Å². The molecule has 3 aromatic rings. The van der Waals surface area contributed by atoms with Gasteiger partial charge < -0.3 is 30.3 Å². The van der Waals surface area contributed by atoms with Crippen LogP contribution in [0.2, 0.25) is 0 Å². The number of carbonyl (C=O) groups is 3. The van der Waals surface area contributed by atoms with Gasteiger partial charge in [-0.25, -0.2) is 14.8 Å². The summed E-state index contributed by atoms with van der Waals surface area (Å²) in [6.07, 6.45) is 4.16. The number of fused-ring (bicyclic) bond motifs is 1. The number of carbonyl (C=O) groups excluding carboxylic acids is 3. The lowest BCUT2D eigenvalue weighted by Crippen LogP contribution is -2.76. The second-order valence-corrected chi connectivity index (χ2v) is 12.9. The van der Waals surface area contributed by atoms with E-state index in [0.29, 0.717) is 13.2 Å². The van der Waals surface area contributed by atoms with Crippen LogP contribution in [0.25, 0.3) is 5.70 Å². The van der Waals surface area contributed by atoms with E-state index in [-0.39, 0.29) is 56.2 Å². The number of phenols is 1. The number of hydrogen-bond acceptors (Lipinski definition) is 7. The van der Waals surface area contributed by atoms with Crippen molar-refractivity contribution in [1.82, 2.24) is 30.5 Å². The van der Waals surface area contributed by atoms with Gasteiger partial charge in [0, 0.05) is 51.5 Å². The SMILES string of the molecule is C=CCN1CC(=O)N2[C@@H](Cc3ccc(O)cc3)C(=O)N(Cc3cccc(C(=C)NCCCOCCCC)c3)C[C@@H]2N1C(=O)NCc1ccccc1. The Morgan fingerprint density at radius 2 is 1.71 bits per heavy atom. The molecule has 0 spiro atoms. The third-order valence-electron chi connectivity index (χ3n) is 9.12. The van der Waals surface area contributed by atoms with Crippen LogP contribution < -0.4 is 10.6 Å². The second-order valence-electron chi connectivity index (χ2n) is 12.9. The Morgan fingerprint density at radius 3 is 2.45 bits per heavy atom. The van der Waals surface area contributed by atoms with Crippen LogP contribution in [0.15, 0.2) is 98.1 Å². The molecular formula is C40H50N6O5. The van der Waals surface area contributed by atoms with Crippen LogP contribution in [0, 0.1) is 0 Å². The van der Waals surface area contributed by atoms with Crippen LogP contribution in [0.5, 0.6) is 5.75 Å². The standard InChI is InChI=1S/C40H50N6O5/c1-4-6-22-51-23-11-20-41-30(3)34-15-10-14-33(24-34)27-43-28-37-45(36(39(43)49)25-31-16-18-35(47)19-17-31)38(48)29-44(21-5-2)46(37)40(50)42-26-32-12-8-7-9-13-32/h5,7-10,12-19,24,36-37,41,47H,2-4,6,11,20-23,25-29H2,1H3,(H,42,50)/t36-,37-/m0/s1. The number of rotatable bonds is 17. The van der Waals surface area contributed by atoms with E-state index in [2.05, 4.69) is 30.7 Å². The minimum absolute atomic E-state index is 0.0807. The molecule has 5 rings (SSSR count). The third kappa shape index (κ3) is 9.77. The Balaban J connectivity index is 1.38. The van der Waals surface area contributed by atoms with Gasteiger partial charge in [-0.2, -0.15) is 0 Å². The van der Waals surface area contributed by atoms with E-state index in [4.69, 9.17) is 4.74 Å². The molecule has 2 atom stereocenters. The van der Waals surface area contributed by atoms with E-state index in [1.165, 1.54) is 0 Å². The molecule has 3 N–H and O–H groups in total. The zero-order valence-corrected chi connectivity index (χ0v) is 29.5. The first-order valence-corrected chi connectivity index (χ1v) is 17.7. The molecule has 270 valence electrons. The number of nitrogens with zero attached hydrogens (tertiary/aromatic N) is 4. The van der Waals surface area contributed by atoms with Gasteiger partial charge >= 0.3 is 6.03 Å². The molecule has 2 aliphatic heterocycles. The van der Waals surface area contributed by atoms with E-state index in [9.17, 15) is 19.5 Å². The van der Waals surface area contributed by atoms with Gasteiger partial charge in [0.1, 0.15) is 18.0 Å². The number of benzene rings is 3. The van der Waals surface area contributed by atoms with Gasteiger partial charge in [0.15, 0.2) is 0 Å². The summed E-state index contributed by atoms with van der Waals surface area (Å²) in [5.41, 5.74) is 4.32. The van der Waals surface area contributed by atoms with Crippen LogP contribution in [-0.2, 0) is 33.8 Å². The zero-order chi connectivity index (χ0) is 36.2. The summed E-state index contributed by atoms with van der Waals surface area (Å²) in [5, 5.41) is 19.6. The molecule has 0 aliphatic carbocycles. The predicted octanol–water partition coefficient (Wildman–Crippen LogP) is 4.90. The molecule has 0 radical (unpaired) electrons. The number of nitrogens with one attached hydrogen (secondary N) is 2. The average Bonchev–Trinajstić information content (AvgIpc) is 3.13. The molecule has 3 aromatic carbocycles. The Labute approximate surface area is 301 Å². The summed E-state index contributed by atoms with van der Waals surface area (Å²) in [4.78, 5) is 45.6. The fraction of sp³-hybridized carbons (Fsp3) is 0.375. The molecule has 2 saturated heterocycles. The van der Waals surface area contributed by atoms with Crippen molar-refractivity contribution < 1.29 is 24.2 Å². The first-order chi connectivity index (χ1) is 24.8. The average molecular weight is 695 g/mol. The number of urea groups is 1. The van der Waals surface area contributed by atoms with Crippen molar-refractivity contribution in [3.8, 4) is 5.75 Å². The lowest BCUT2D eigenvalue weighted by atomic mass is 9.98. The van der Waals surface area contributed by atoms with Gasteiger partial charge in [-0.15, -0.1) is 6.58 Å². The minimum Gasteiger partial charge on any atom is -0.508 e. The molecule has 2 heterocycles. The first kappa shape index (κ1) is 37.1. The number of ether oxygens (including phenoxy) is 1. The Bertz CT molecular complexity index is 1650. The van der Waals surface area contributed by atoms with Gasteiger partial charge in [0.05, 0.1) is 13.1 Å². The molecular weight excluding hydrogens is 644 g/mol. The normalized spacial score (nSPS) is 17.6. The van der Waals surface area contributed by atoms with Gasteiger partial charge in [-0.05, 0) is 53.3 Å². The van der Waals surface area contributed by atoms with Crippen molar-refractivity contribution in [1.29, 1.82) is 0 Å². The van der Waals surface area contributed by atoms with Crippen molar-refractivity contribution in [3.63, 3.8) is 0 Å². The van der Waals surface area contributed by atoms with Gasteiger partial charge in [-0.3, -0.25) is 9.59 Å². The maximum atomic E-state index is 14.4. The van der Waals surface area contributed by atoms with Crippen LogP contribution in [0.1, 0.15) is 48.4 Å². The fourth-order valence-corrected chi connectivity index (χ4v) is 6.50. The number of hydrogen-bond donors (Lipinski definition) is 3. The van der Waals surface area contributed by atoms with Crippen LogP contribution in [-0.4, -0.2) is 94.4 Å². The quantitative estimate of drug-likeness (QED) is 0.136. The van der Waals surface area contributed by atoms with E-state index >= 15 is 0 Å². The second kappa shape index (κ2) is 18.2. The number of amides is 4. The maximum Gasteiger partial charge on any atom is 0.334 e. The Morgan fingerprint density at radius 1 is 0.961 bits per heavy atom. The molecule has 0 bridgehead atoms. The van der Waals surface area contributed by atoms with Crippen LogP contribution in [0.3, 0.4) is 0 Å². The van der Waals surface area contributed by atoms with Gasteiger partial charge in [0.25, 0.3) is 0 Å². The number of hydrazine groups is 1. The highest BCUT2D eigenvalue weighted by molar-refractivity contribution is 5.91. The molecule has 2 aliphatic rings. The highest BCUT2D eigenvalue weighted by Gasteiger charge is 2.51. The highest BCUT2D eigenvalue weighted by Crippen LogP contribution is 2.30. The Hall–Kier alpha value is -5.13. The number of aromatic hydroxyl groups is 1. The van der Waals surface area contributed by atoms with Gasteiger partial charge in [0.2, 0.25) is 11.8 Å². The highest BCUT2D eigenvalue weighted by atomic mass is 16.5. The molecule has 4 amide bonds. The summed E-state index contributed by atoms with van der Waals surface area (Å²) in [6, 6.07) is 22.9. The summed E-state index contributed by atoms with van der Waals surface area (Å²) in [7, 11) is 0. The lowest BCUT2D eigenvalue weighted by Gasteiger charge is -2.55.